The third-order valence-electron chi connectivity index (χ3n) is 2.75. The number of hydrogen-bond donors (Lipinski definition) is 0. The van der Waals surface area contributed by atoms with E-state index in [0.717, 1.165) is 18.5 Å². The van der Waals surface area contributed by atoms with Gasteiger partial charge in [0.2, 0.25) is 0 Å². The van der Waals surface area contributed by atoms with Crippen LogP contribution in [0.2, 0.25) is 0 Å². The number of pyridine rings is 1. The van der Waals surface area contributed by atoms with Gasteiger partial charge in [-0.3, -0.25) is 0 Å². The summed E-state index contributed by atoms with van der Waals surface area (Å²) in [7, 11) is 0. The SMILES string of the molecule is CCOC(=O)c1cnn(-c2ncc(F)cc2C)c1C(F)(F)F. The van der Waals surface area contributed by atoms with Gasteiger partial charge in [-0.2, -0.15) is 18.3 Å². The number of aromatic nitrogens is 3. The van der Waals surface area contributed by atoms with E-state index in [4.69, 9.17) is 0 Å². The fourth-order valence-corrected chi connectivity index (χ4v) is 1.90. The van der Waals surface area contributed by atoms with Crippen molar-refractivity contribution < 1.29 is 27.1 Å². The predicted octanol–water partition coefficient (Wildman–Crippen LogP) is 2.91. The second-order valence-electron chi connectivity index (χ2n) is 4.33. The van der Waals surface area contributed by atoms with E-state index >= 15 is 0 Å². The molecule has 5 nitrogen and oxygen atoms in total. The number of rotatable bonds is 3. The van der Waals surface area contributed by atoms with Gasteiger partial charge in [0.1, 0.15) is 11.4 Å². The molecule has 0 amide bonds. The molecule has 2 aromatic rings. The molecule has 2 rings (SSSR count). The third-order valence-corrected chi connectivity index (χ3v) is 2.75. The minimum Gasteiger partial charge on any atom is -0.462 e. The molecule has 0 saturated carbocycles. The molecule has 0 bridgehead atoms. The molecule has 0 aliphatic rings. The Morgan fingerprint density at radius 1 is 1.36 bits per heavy atom. The minimum atomic E-state index is -4.86. The van der Waals surface area contributed by atoms with Crippen LogP contribution in [0, 0.1) is 12.7 Å². The number of hydrogen-bond acceptors (Lipinski definition) is 4. The van der Waals surface area contributed by atoms with Crippen molar-refractivity contribution in [1.82, 2.24) is 14.8 Å². The summed E-state index contributed by atoms with van der Waals surface area (Å²) < 4.78 is 57.9. The fraction of sp³-hybridized carbons (Fsp3) is 0.308. The van der Waals surface area contributed by atoms with Gasteiger partial charge in [-0.15, -0.1) is 0 Å². The summed E-state index contributed by atoms with van der Waals surface area (Å²) in [5.41, 5.74) is -1.89. The number of aryl methyl sites for hydroxylation is 1. The van der Waals surface area contributed by atoms with E-state index in [1.165, 1.54) is 13.8 Å². The summed E-state index contributed by atoms with van der Waals surface area (Å²) in [5.74, 6) is -2.04. The number of nitrogens with zero attached hydrogens (tertiary/aromatic N) is 3. The Kier molecular flexibility index (Phi) is 4.16. The Morgan fingerprint density at radius 2 is 2.05 bits per heavy atom. The zero-order chi connectivity index (χ0) is 16.5. The lowest BCUT2D eigenvalue weighted by atomic mass is 10.2. The molecule has 0 unspecified atom stereocenters. The second-order valence-corrected chi connectivity index (χ2v) is 4.33. The monoisotopic (exact) mass is 317 g/mol. The summed E-state index contributed by atoms with van der Waals surface area (Å²) in [6, 6.07) is 1.02. The van der Waals surface area contributed by atoms with Gasteiger partial charge in [0.05, 0.1) is 19.0 Å². The lowest BCUT2D eigenvalue weighted by Gasteiger charge is -2.13. The number of carbonyl (C=O) groups is 1. The van der Waals surface area contributed by atoms with Gasteiger partial charge in [-0.25, -0.2) is 18.9 Å². The molecule has 0 saturated heterocycles. The van der Waals surface area contributed by atoms with Crippen LogP contribution in [0.4, 0.5) is 17.6 Å². The van der Waals surface area contributed by atoms with Gasteiger partial charge in [0, 0.05) is 0 Å². The summed E-state index contributed by atoms with van der Waals surface area (Å²) in [6.07, 6.45) is -3.33. The molecule has 0 spiro atoms. The van der Waals surface area contributed by atoms with Crippen LogP contribution >= 0.6 is 0 Å². The van der Waals surface area contributed by atoms with Crippen molar-refractivity contribution in [2.45, 2.75) is 20.0 Å². The van der Waals surface area contributed by atoms with Crippen molar-refractivity contribution in [3.05, 3.63) is 41.1 Å². The van der Waals surface area contributed by atoms with E-state index in [9.17, 15) is 22.4 Å². The Labute approximate surface area is 122 Å². The quantitative estimate of drug-likeness (QED) is 0.645. The lowest BCUT2D eigenvalue weighted by molar-refractivity contribution is -0.143. The smallest absolute Gasteiger partial charge is 0.434 e. The van der Waals surface area contributed by atoms with E-state index < -0.39 is 29.2 Å². The summed E-state index contributed by atoms with van der Waals surface area (Å²) in [6.45, 7) is 2.79. The minimum absolute atomic E-state index is 0.0743. The molecule has 0 atom stereocenters. The maximum atomic E-state index is 13.3. The van der Waals surface area contributed by atoms with E-state index in [-0.39, 0.29) is 18.0 Å². The fourth-order valence-electron chi connectivity index (χ4n) is 1.90. The molecule has 118 valence electrons. The highest BCUT2D eigenvalue weighted by atomic mass is 19.4. The first kappa shape index (κ1) is 15.9. The highest BCUT2D eigenvalue weighted by molar-refractivity contribution is 5.90. The first-order valence-electron chi connectivity index (χ1n) is 6.20. The predicted molar refractivity (Wildman–Crippen MR) is 67.0 cm³/mol. The molecule has 22 heavy (non-hydrogen) atoms. The van der Waals surface area contributed by atoms with Crippen molar-refractivity contribution in [3.8, 4) is 5.82 Å². The van der Waals surface area contributed by atoms with Crippen molar-refractivity contribution in [1.29, 1.82) is 0 Å². The van der Waals surface area contributed by atoms with Crippen LogP contribution in [0.3, 0.4) is 0 Å². The molecule has 0 aliphatic heterocycles. The average molecular weight is 317 g/mol. The molecule has 0 fully saturated rings. The van der Waals surface area contributed by atoms with Crippen LogP contribution < -0.4 is 0 Å². The topological polar surface area (TPSA) is 57.0 Å². The zero-order valence-electron chi connectivity index (χ0n) is 11.6. The Balaban J connectivity index is 2.64. The number of halogens is 4. The summed E-state index contributed by atoms with van der Waals surface area (Å²) >= 11 is 0. The number of ether oxygens (including phenoxy) is 1. The van der Waals surface area contributed by atoms with Gasteiger partial charge in [0.25, 0.3) is 0 Å². The van der Waals surface area contributed by atoms with Crippen LogP contribution in [-0.2, 0) is 10.9 Å². The van der Waals surface area contributed by atoms with E-state index in [2.05, 4.69) is 14.8 Å². The highest BCUT2D eigenvalue weighted by Gasteiger charge is 2.41. The standard InChI is InChI=1S/C13H11F4N3O2/c1-3-22-12(21)9-6-19-20(10(9)13(15,16)17)11-7(2)4-8(14)5-18-11/h4-6H,3H2,1-2H3. The third kappa shape index (κ3) is 2.92. The Hall–Kier alpha value is -2.45. The number of alkyl halides is 3. The Bertz CT molecular complexity index is 710. The summed E-state index contributed by atoms with van der Waals surface area (Å²) in [4.78, 5) is 15.3. The lowest BCUT2D eigenvalue weighted by Crippen LogP contribution is -2.19. The molecule has 0 radical (unpaired) electrons. The van der Waals surface area contributed by atoms with Gasteiger partial charge in [-0.1, -0.05) is 0 Å². The van der Waals surface area contributed by atoms with Crippen LogP contribution in [-0.4, -0.2) is 27.3 Å². The van der Waals surface area contributed by atoms with E-state index in [1.54, 1.807) is 0 Å². The zero-order valence-corrected chi connectivity index (χ0v) is 11.6. The van der Waals surface area contributed by atoms with Gasteiger partial charge >= 0.3 is 12.1 Å². The van der Waals surface area contributed by atoms with Gasteiger partial charge in [0.15, 0.2) is 11.5 Å². The molecule has 9 heteroatoms. The largest absolute Gasteiger partial charge is 0.462 e. The van der Waals surface area contributed by atoms with Crippen LogP contribution in [0.1, 0.15) is 28.5 Å². The van der Waals surface area contributed by atoms with Gasteiger partial charge in [-0.05, 0) is 25.5 Å². The maximum absolute atomic E-state index is 13.3. The molecular formula is C13H11F4N3O2. The van der Waals surface area contributed by atoms with Gasteiger partial charge < -0.3 is 4.74 Å². The van der Waals surface area contributed by atoms with Crippen LogP contribution in [0.5, 0.6) is 0 Å². The molecule has 0 aromatic carbocycles. The average Bonchev–Trinajstić information content (AvgIpc) is 2.83. The summed E-state index contributed by atoms with van der Waals surface area (Å²) in [5, 5.41) is 3.56. The molecule has 0 aliphatic carbocycles. The van der Waals surface area contributed by atoms with Crippen LogP contribution in [0.25, 0.3) is 5.82 Å². The molecule has 2 aromatic heterocycles. The van der Waals surface area contributed by atoms with Crippen molar-refractivity contribution >= 4 is 5.97 Å². The number of esters is 1. The van der Waals surface area contributed by atoms with Crippen LogP contribution in [0.15, 0.2) is 18.5 Å². The number of carbonyl (C=O) groups excluding carboxylic acids is 1. The first-order valence-corrected chi connectivity index (χ1v) is 6.20. The molecule has 2 heterocycles. The Morgan fingerprint density at radius 3 is 2.59 bits per heavy atom. The van der Waals surface area contributed by atoms with Crippen molar-refractivity contribution in [2.24, 2.45) is 0 Å². The van der Waals surface area contributed by atoms with E-state index in [0.29, 0.717) is 4.68 Å². The molecular weight excluding hydrogens is 306 g/mol. The van der Waals surface area contributed by atoms with E-state index in [1.807, 2.05) is 0 Å². The van der Waals surface area contributed by atoms with Crippen molar-refractivity contribution in [2.75, 3.05) is 6.61 Å². The normalized spacial score (nSPS) is 11.5. The molecule has 0 N–H and O–H groups in total. The first-order chi connectivity index (χ1) is 10.3. The second kappa shape index (κ2) is 5.74. The maximum Gasteiger partial charge on any atom is 0.434 e. The van der Waals surface area contributed by atoms with Crippen molar-refractivity contribution in [3.63, 3.8) is 0 Å². The highest BCUT2D eigenvalue weighted by Crippen LogP contribution is 2.34.